The van der Waals surface area contributed by atoms with Gasteiger partial charge in [0, 0.05) is 0 Å². The molecule has 1 rings (SSSR count). The van der Waals surface area contributed by atoms with Crippen LogP contribution in [-0.4, -0.2) is 20.9 Å². The van der Waals surface area contributed by atoms with Crippen LogP contribution in [0.3, 0.4) is 0 Å². The van der Waals surface area contributed by atoms with Gasteiger partial charge in [-0.25, -0.2) is 0 Å². The maximum absolute atomic E-state index is 12.4. The van der Waals surface area contributed by atoms with E-state index in [4.69, 9.17) is 5.11 Å². The highest BCUT2D eigenvalue weighted by Crippen LogP contribution is 2.35. The summed E-state index contributed by atoms with van der Waals surface area (Å²) in [6.07, 6.45) is -4.82. The fourth-order valence-corrected chi connectivity index (χ4v) is 1.63. The fraction of sp³-hybridized carbons (Fsp3) is 0.500. The normalized spacial score (nSPS) is 11.8. The summed E-state index contributed by atoms with van der Waals surface area (Å²) in [6.45, 7) is 1.35. The molecule has 0 saturated carbocycles. The lowest BCUT2D eigenvalue weighted by atomic mass is 10.3. The number of aryl methyl sites for hydroxylation is 1. The molecule has 0 fully saturated rings. The third-order valence-electron chi connectivity index (χ3n) is 1.94. The van der Waals surface area contributed by atoms with Gasteiger partial charge in [-0.2, -0.15) is 18.3 Å². The van der Waals surface area contributed by atoms with Crippen molar-refractivity contribution in [1.29, 1.82) is 0 Å². The average Bonchev–Trinajstić information content (AvgIpc) is 2.40. The smallest absolute Gasteiger partial charge is 0.436 e. The zero-order valence-electron chi connectivity index (χ0n) is 8.18. The Labute approximate surface area is 97.2 Å². The Morgan fingerprint density at radius 1 is 1.56 bits per heavy atom. The molecule has 0 amide bonds. The number of alkyl halides is 3. The number of hydrogen-bond acceptors (Lipinski definition) is 2. The summed E-state index contributed by atoms with van der Waals surface area (Å²) in [7, 11) is 0. The summed E-state index contributed by atoms with van der Waals surface area (Å²) in [6, 6.07) is 0. The first-order chi connectivity index (χ1) is 7.23. The number of carbonyl (C=O) groups is 1. The summed E-state index contributed by atoms with van der Waals surface area (Å²) in [5.41, 5.74) is -0.774. The van der Waals surface area contributed by atoms with Gasteiger partial charge < -0.3 is 5.11 Å². The maximum Gasteiger partial charge on any atom is 0.436 e. The highest BCUT2D eigenvalue weighted by molar-refractivity contribution is 9.10. The van der Waals surface area contributed by atoms with Crippen molar-refractivity contribution in [3.8, 4) is 0 Å². The van der Waals surface area contributed by atoms with Crippen molar-refractivity contribution >= 4 is 21.9 Å². The standard InChI is InChI=1S/C8H8BrF3N2O2/c1-4-6(9)7(8(10,11)12)13-14(4)3-2-5(15)16/h2-3H2,1H3,(H,15,16). The molecule has 0 aliphatic carbocycles. The molecular formula is C8H8BrF3N2O2. The van der Waals surface area contributed by atoms with E-state index in [-0.39, 0.29) is 23.1 Å². The quantitative estimate of drug-likeness (QED) is 0.933. The molecular weight excluding hydrogens is 293 g/mol. The van der Waals surface area contributed by atoms with Crippen LogP contribution in [-0.2, 0) is 17.5 Å². The lowest BCUT2D eigenvalue weighted by molar-refractivity contribution is -0.142. The second-order valence-corrected chi connectivity index (χ2v) is 3.91. The van der Waals surface area contributed by atoms with E-state index in [9.17, 15) is 18.0 Å². The molecule has 16 heavy (non-hydrogen) atoms. The molecule has 90 valence electrons. The van der Waals surface area contributed by atoms with Crippen molar-refractivity contribution in [1.82, 2.24) is 9.78 Å². The van der Waals surface area contributed by atoms with Gasteiger partial charge >= 0.3 is 12.1 Å². The van der Waals surface area contributed by atoms with Crippen molar-refractivity contribution < 1.29 is 23.1 Å². The van der Waals surface area contributed by atoms with Crippen molar-refractivity contribution in [2.24, 2.45) is 0 Å². The molecule has 0 unspecified atom stereocenters. The van der Waals surface area contributed by atoms with Crippen molar-refractivity contribution in [3.63, 3.8) is 0 Å². The van der Waals surface area contributed by atoms with Gasteiger partial charge in [-0.15, -0.1) is 0 Å². The molecule has 1 aromatic heterocycles. The molecule has 1 aromatic rings. The molecule has 0 atom stereocenters. The Balaban J connectivity index is 3.01. The Kier molecular flexibility index (Phi) is 3.61. The van der Waals surface area contributed by atoms with Crippen molar-refractivity contribution in [3.05, 3.63) is 15.9 Å². The Hall–Kier alpha value is -1.05. The summed E-state index contributed by atoms with van der Waals surface area (Å²) in [5.74, 6) is -1.08. The van der Waals surface area contributed by atoms with E-state index in [1.807, 2.05) is 0 Å². The highest BCUT2D eigenvalue weighted by atomic mass is 79.9. The number of rotatable bonds is 3. The van der Waals surface area contributed by atoms with Crippen molar-refractivity contribution in [2.45, 2.75) is 26.1 Å². The van der Waals surface area contributed by atoms with Gasteiger partial charge in [0.1, 0.15) is 0 Å². The van der Waals surface area contributed by atoms with Crippen LogP contribution in [0.2, 0.25) is 0 Å². The van der Waals surface area contributed by atoms with Crippen LogP contribution in [0.5, 0.6) is 0 Å². The zero-order chi connectivity index (χ0) is 12.5. The van der Waals surface area contributed by atoms with Gasteiger partial charge in [0.05, 0.1) is 23.1 Å². The summed E-state index contributed by atoms with van der Waals surface area (Å²) < 4.78 is 38.1. The number of carboxylic acids is 1. The van der Waals surface area contributed by atoms with Crippen LogP contribution in [0.4, 0.5) is 13.2 Å². The molecule has 0 aliphatic rings. The first-order valence-corrected chi connectivity index (χ1v) is 5.04. The number of aliphatic carboxylic acids is 1. The second kappa shape index (κ2) is 4.44. The molecule has 0 bridgehead atoms. The van der Waals surface area contributed by atoms with E-state index < -0.39 is 17.8 Å². The maximum atomic E-state index is 12.4. The first kappa shape index (κ1) is 13.0. The number of nitrogens with zero attached hydrogens (tertiary/aromatic N) is 2. The average molecular weight is 301 g/mol. The van der Waals surface area contributed by atoms with Gasteiger partial charge in [0.15, 0.2) is 5.69 Å². The molecule has 8 heteroatoms. The summed E-state index contributed by atoms with van der Waals surface area (Å²) in [5, 5.41) is 11.8. The Morgan fingerprint density at radius 2 is 2.12 bits per heavy atom. The zero-order valence-corrected chi connectivity index (χ0v) is 9.76. The molecule has 0 saturated heterocycles. The minimum Gasteiger partial charge on any atom is -0.481 e. The van der Waals surface area contributed by atoms with Crippen LogP contribution in [0.1, 0.15) is 17.8 Å². The topological polar surface area (TPSA) is 55.1 Å². The lowest BCUT2D eigenvalue weighted by Gasteiger charge is -2.02. The van der Waals surface area contributed by atoms with Crippen molar-refractivity contribution in [2.75, 3.05) is 0 Å². The monoisotopic (exact) mass is 300 g/mol. The largest absolute Gasteiger partial charge is 0.481 e. The van der Waals surface area contributed by atoms with Crippen LogP contribution >= 0.6 is 15.9 Å². The first-order valence-electron chi connectivity index (χ1n) is 4.25. The minimum atomic E-state index is -4.54. The predicted molar refractivity (Wildman–Crippen MR) is 51.9 cm³/mol. The highest BCUT2D eigenvalue weighted by Gasteiger charge is 2.37. The SMILES string of the molecule is Cc1c(Br)c(C(F)(F)F)nn1CCC(=O)O. The number of hydrogen-bond donors (Lipinski definition) is 1. The number of aromatic nitrogens is 2. The Bertz CT molecular complexity index is 414. The van der Waals surface area contributed by atoms with E-state index >= 15 is 0 Å². The Morgan fingerprint density at radius 3 is 2.50 bits per heavy atom. The minimum absolute atomic E-state index is 0.0875. The molecule has 1 heterocycles. The van der Waals surface area contributed by atoms with E-state index in [2.05, 4.69) is 21.0 Å². The fourth-order valence-electron chi connectivity index (χ4n) is 1.12. The van der Waals surface area contributed by atoms with Gasteiger partial charge in [-0.1, -0.05) is 0 Å². The molecule has 0 aliphatic heterocycles. The third-order valence-corrected chi connectivity index (χ3v) is 2.89. The third kappa shape index (κ3) is 2.75. The van der Waals surface area contributed by atoms with Gasteiger partial charge in [0.2, 0.25) is 0 Å². The van der Waals surface area contributed by atoms with E-state index in [1.54, 1.807) is 0 Å². The second-order valence-electron chi connectivity index (χ2n) is 3.11. The van der Waals surface area contributed by atoms with Crippen LogP contribution in [0.25, 0.3) is 0 Å². The van der Waals surface area contributed by atoms with Gasteiger partial charge in [0.25, 0.3) is 0 Å². The van der Waals surface area contributed by atoms with E-state index in [1.165, 1.54) is 6.92 Å². The van der Waals surface area contributed by atoms with E-state index in [0.717, 1.165) is 4.68 Å². The molecule has 0 aromatic carbocycles. The van der Waals surface area contributed by atoms with Gasteiger partial charge in [-0.05, 0) is 22.9 Å². The van der Waals surface area contributed by atoms with Crippen LogP contribution < -0.4 is 0 Å². The molecule has 4 nitrogen and oxygen atoms in total. The van der Waals surface area contributed by atoms with Gasteiger partial charge in [-0.3, -0.25) is 9.48 Å². The summed E-state index contributed by atoms with van der Waals surface area (Å²) >= 11 is 2.79. The van der Waals surface area contributed by atoms with E-state index in [0.29, 0.717) is 0 Å². The van der Waals surface area contributed by atoms with Crippen LogP contribution in [0.15, 0.2) is 4.47 Å². The predicted octanol–water partition coefficient (Wildman–Crippen LogP) is 2.45. The summed E-state index contributed by atoms with van der Waals surface area (Å²) in [4.78, 5) is 10.3. The lowest BCUT2D eigenvalue weighted by Crippen LogP contribution is -2.10. The number of carboxylic acid groups (broad SMARTS) is 1. The number of halogens is 4. The van der Waals surface area contributed by atoms with Crippen LogP contribution in [0, 0.1) is 6.92 Å². The molecule has 0 spiro atoms. The molecule has 0 radical (unpaired) electrons. The molecule has 1 N–H and O–H groups in total.